The number of allylic oxidation sites excluding steroid dienone is 3. The van der Waals surface area contributed by atoms with Crippen molar-refractivity contribution in [3.8, 4) is 0 Å². The highest BCUT2D eigenvalue weighted by atomic mass is 16.5. The number of nitrogens with zero attached hydrogens (tertiary/aromatic N) is 1. The van der Waals surface area contributed by atoms with Crippen LogP contribution in [0.25, 0.3) is 0 Å². The van der Waals surface area contributed by atoms with Gasteiger partial charge in [-0.25, -0.2) is 0 Å². The van der Waals surface area contributed by atoms with Crippen molar-refractivity contribution in [3.05, 3.63) is 96.7 Å². The lowest BCUT2D eigenvalue weighted by molar-refractivity contribution is 0.0717. The van der Waals surface area contributed by atoms with Gasteiger partial charge < -0.3 is 9.64 Å². The van der Waals surface area contributed by atoms with Crippen LogP contribution in [0, 0.1) is 0 Å². The van der Waals surface area contributed by atoms with Crippen molar-refractivity contribution in [2.75, 3.05) is 4.90 Å². The molecule has 0 amide bonds. The van der Waals surface area contributed by atoms with Crippen molar-refractivity contribution in [2.45, 2.75) is 25.0 Å². The molecule has 0 radical (unpaired) electrons. The molecular formula is C22H21NO. The maximum absolute atomic E-state index is 6.05. The third kappa shape index (κ3) is 2.40. The number of benzene rings is 2. The monoisotopic (exact) mass is 315 g/mol. The molecule has 4 rings (SSSR count). The summed E-state index contributed by atoms with van der Waals surface area (Å²) >= 11 is 0. The van der Waals surface area contributed by atoms with E-state index in [0.29, 0.717) is 6.10 Å². The minimum absolute atomic E-state index is 0.262. The van der Waals surface area contributed by atoms with E-state index in [1.807, 2.05) is 18.2 Å². The van der Waals surface area contributed by atoms with Crippen molar-refractivity contribution in [1.82, 2.24) is 0 Å². The van der Waals surface area contributed by atoms with E-state index < -0.39 is 0 Å². The number of hydrogen-bond acceptors (Lipinski definition) is 2. The molecule has 2 aliphatic rings. The lowest BCUT2D eigenvalue weighted by Gasteiger charge is -2.27. The summed E-state index contributed by atoms with van der Waals surface area (Å²) in [4.78, 5) is 2.21. The molecule has 1 fully saturated rings. The molecular weight excluding hydrogens is 294 g/mol. The average molecular weight is 315 g/mol. The highest BCUT2D eigenvalue weighted by Crippen LogP contribution is 2.51. The van der Waals surface area contributed by atoms with Crippen LogP contribution >= 0.6 is 0 Å². The van der Waals surface area contributed by atoms with Crippen molar-refractivity contribution < 1.29 is 4.74 Å². The lowest BCUT2D eigenvalue weighted by atomic mass is 9.91. The molecule has 2 aromatic carbocycles. The van der Waals surface area contributed by atoms with Crippen LogP contribution in [-0.4, -0.2) is 0 Å². The Balaban J connectivity index is 1.83. The van der Waals surface area contributed by atoms with Gasteiger partial charge in [0.15, 0.2) is 0 Å². The molecule has 2 nitrogen and oxygen atoms in total. The van der Waals surface area contributed by atoms with E-state index in [1.54, 1.807) is 6.08 Å². The van der Waals surface area contributed by atoms with Gasteiger partial charge in [-0.3, -0.25) is 0 Å². The number of hydrogen-bond donors (Lipinski definition) is 0. The number of rotatable bonds is 5. The molecule has 2 heterocycles. The Morgan fingerprint density at radius 1 is 0.958 bits per heavy atom. The molecule has 2 bridgehead atoms. The fourth-order valence-electron chi connectivity index (χ4n) is 3.75. The van der Waals surface area contributed by atoms with E-state index in [1.165, 1.54) is 11.1 Å². The predicted octanol–water partition coefficient (Wildman–Crippen LogP) is 5.99. The van der Waals surface area contributed by atoms with Gasteiger partial charge in [-0.1, -0.05) is 43.5 Å². The third-order valence-corrected chi connectivity index (χ3v) is 4.81. The van der Waals surface area contributed by atoms with Crippen molar-refractivity contribution in [2.24, 2.45) is 0 Å². The molecule has 0 aromatic heterocycles. The Hall–Kier alpha value is -2.58. The summed E-state index contributed by atoms with van der Waals surface area (Å²) in [7, 11) is 0. The average Bonchev–Trinajstić information content (AvgIpc) is 3.24. The minimum Gasteiger partial charge on any atom is -0.366 e. The molecule has 0 saturated carbocycles. The van der Waals surface area contributed by atoms with Crippen LogP contribution in [0.3, 0.4) is 0 Å². The van der Waals surface area contributed by atoms with Crippen molar-refractivity contribution >= 4 is 11.4 Å². The lowest BCUT2D eigenvalue weighted by Crippen LogP contribution is -2.15. The predicted molar refractivity (Wildman–Crippen MR) is 99.3 cm³/mol. The topological polar surface area (TPSA) is 12.5 Å². The van der Waals surface area contributed by atoms with E-state index >= 15 is 0 Å². The summed E-state index contributed by atoms with van der Waals surface area (Å²) in [5.74, 6) is 0. The molecule has 2 aromatic rings. The fraction of sp³-hybridized carbons (Fsp3) is 0.182. The quantitative estimate of drug-likeness (QED) is 0.629. The van der Waals surface area contributed by atoms with Crippen LogP contribution in [-0.2, 0) is 4.74 Å². The van der Waals surface area contributed by atoms with Gasteiger partial charge in [0, 0.05) is 17.1 Å². The maximum Gasteiger partial charge on any atom is 0.0838 e. The molecule has 1 saturated heterocycles. The van der Waals surface area contributed by atoms with Crippen LogP contribution in [0.5, 0.6) is 0 Å². The first-order valence-corrected chi connectivity index (χ1v) is 8.41. The summed E-state index contributed by atoms with van der Waals surface area (Å²) in [6.07, 6.45) is 8.48. The molecule has 0 N–H and O–H groups in total. The normalized spacial score (nSPS) is 21.4. The minimum atomic E-state index is 0.262. The van der Waals surface area contributed by atoms with E-state index in [-0.39, 0.29) is 6.10 Å². The SMILES string of the molecule is C=C/C=C(\C=C)N(c1ccccc1)c1ccc2c(c1)C1CCC2O1. The van der Waals surface area contributed by atoms with E-state index in [9.17, 15) is 0 Å². The van der Waals surface area contributed by atoms with Crippen molar-refractivity contribution in [3.63, 3.8) is 0 Å². The summed E-state index contributed by atoms with van der Waals surface area (Å²) in [6, 6.07) is 17.0. The van der Waals surface area contributed by atoms with Gasteiger partial charge in [0.1, 0.15) is 0 Å². The second-order valence-corrected chi connectivity index (χ2v) is 6.21. The van der Waals surface area contributed by atoms with Crippen molar-refractivity contribution in [1.29, 1.82) is 0 Å². The first-order chi connectivity index (χ1) is 11.8. The molecule has 2 unspecified atom stereocenters. The summed E-state index contributed by atoms with van der Waals surface area (Å²) in [6.45, 7) is 7.82. The Morgan fingerprint density at radius 2 is 1.71 bits per heavy atom. The molecule has 2 atom stereocenters. The van der Waals surface area contributed by atoms with Gasteiger partial charge >= 0.3 is 0 Å². The van der Waals surface area contributed by atoms with Crippen LogP contribution in [0.2, 0.25) is 0 Å². The molecule has 120 valence electrons. The first-order valence-electron chi connectivity index (χ1n) is 8.41. The number of fused-ring (bicyclic) bond motifs is 5. The molecule has 24 heavy (non-hydrogen) atoms. The van der Waals surface area contributed by atoms with Gasteiger partial charge in [0.25, 0.3) is 0 Å². The Kier molecular flexibility index (Phi) is 3.83. The zero-order valence-electron chi connectivity index (χ0n) is 13.7. The molecule has 2 aliphatic heterocycles. The maximum atomic E-state index is 6.05. The highest BCUT2D eigenvalue weighted by molar-refractivity contribution is 5.71. The zero-order chi connectivity index (χ0) is 16.5. The van der Waals surface area contributed by atoms with E-state index in [0.717, 1.165) is 29.9 Å². The summed E-state index contributed by atoms with van der Waals surface area (Å²) < 4.78 is 6.05. The Labute approximate surface area is 143 Å². The van der Waals surface area contributed by atoms with Gasteiger partial charge in [-0.15, -0.1) is 0 Å². The second kappa shape index (κ2) is 6.14. The number of anilines is 2. The second-order valence-electron chi connectivity index (χ2n) is 6.21. The third-order valence-electron chi connectivity index (χ3n) is 4.81. The largest absolute Gasteiger partial charge is 0.366 e. The van der Waals surface area contributed by atoms with Crippen LogP contribution in [0.15, 0.2) is 85.6 Å². The molecule has 2 heteroatoms. The van der Waals surface area contributed by atoms with Gasteiger partial charge in [0.2, 0.25) is 0 Å². The molecule has 0 spiro atoms. The number of para-hydroxylation sites is 1. The van der Waals surface area contributed by atoms with Crippen LogP contribution in [0.4, 0.5) is 11.4 Å². The fourth-order valence-corrected chi connectivity index (χ4v) is 3.75. The standard InChI is InChI=1S/C22H21NO/c1-3-8-16(4-2)23(17-9-6-5-7-10-17)18-11-12-19-20(15-18)22-14-13-21(19)24-22/h3-12,15,21-22H,1-2,13-14H2/b16-8+. The summed E-state index contributed by atoms with van der Waals surface area (Å²) in [5.41, 5.74) is 5.93. The van der Waals surface area contributed by atoms with E-state index in [4.69, 9.17) is 4.74 Å². The van der Waals surface area contributed by atoms with E-state index in [2.05, 4.69) is 60.5 Å². The summed E-state index contributed by atoms with van der Waals surface area (Å²) in [5, 5.41) is 0. The number of ether oxygens (including phenoxy) is 1. The smallest absolute Gasteiger partial charge is 0.0838 e. The Morgan fingerprint density at radius 3 is 2.42 bits per heavy atom. The highest BCUT2D eigenvalue weighted by Gasteiger charge is 2.38. The van der Waals surface area contributed by atoms with Crippen LogP contribution in [0.1, 0.15) is 36.2 Å². The van der Waals surface area contributed by atoms with Gasteiger partial charge in [-0.2, -0.15) is 0 Å². The first kappa shape index (κ1) is 15.0. The van der Waals surface area contributed by atoms with Gasteiger partial charge in [-0.05, 0) is 60.4 Å². The van der Waals surface area contributed by atoms with Crippen LogP contribution < -0.4 is 4.90 Å². The molecule has 0 aliphatic carbocycles. The zero-order valence-corrected chi connectivity index (χ0v) is 13.7. The van der Waals surface area contributed by atoms with Gasteiger partial charge in [0.05, 0.1) is 12.2 Å². The Bertz CT molecular complexity index is 806.